The van der Waals surface area contributed by atoms with Crippen molar-refractivity contribution < 1.29 is 0 Å². The van der Waals surface area contributed by atoms with E-state index in [-0.39, 0.29) is 0 Å². The van der Waals surface area contributed by atoms with E-state index in [1.165, 1.54) is 43.4 Å². The number of rotatable bonds is 6. The molecule has 0 N–H and O–H groups in total. The zero-order chi connectivity index (χ0) is 38.4. The molecule has 0 amide bonds. The summed E-state index contributed by atoms with van der Waals surface area (Å²) in [7, 11) is 0. The smallest absolute Gasteiger partial charge is 0.164 e. The fourth-order valence-electron chi connectivity index (χ4n) is 8.46. The van der Waals surface area contributed by atoms with Crippen molar-refractivity contribution in [2.75, 3.05) is 0 Å². The van der Waals surface area contributed by atoms with Gasteiger partial charge in [0.1, 0.15) is 0 Å². The Kier molecular flexibility index (Phi) is 8.15. The molecule has 0 bridgehead atoms. The maximum atomic E-state index is 5.35. The van der Waals surface area contributed by atoms with Crippen LogP contribution in [-0.2, 0) is 0 Å². The summed E-state index contributed by atoms with van der Waals surface area (Å²) in [6, 6.07) is 75.4. The molecular formula is C55H35N3. The van der Waals surface area contributed by atoms with Crippen molar-refractivity contribution in [2.24, 2.45) is 0 Å². The lowest BCUT2D eigenvalue weighted by molar-refractivity contribution is 1.08. The zero-order valence-corrected chi connectivity index (χ0v) is 31.5. The van der Waals surface area contributed by atoms with Crippen molar-refractivity contribution in [3.63, 3.8) is 0 Å². The van der Waals surface area contributed by atoms with E-state index in [0.29, 0.717) is 17.5 Å². The maximum Gasteiger partial charge on any atom is 0.164 e. The van der Waals surface area contributed by atoms with Gasteiger partial charge in [0.15, 0.2) is 17.5 Å². The first-order valence-electron chi connectivity index (χ1n) is 19.7. The molecule has 0 aliphatic rings. The first-order chi connectivity index (χ1) is 28.7. The van der Waals surface area contributed by atoms with E-state index in [4.69, 9.17) is 15.0 Å². The van der Waals surface area contributed by atoms with Gasteiger partial charge in [-0.15, -0.1) is 0 Å². The third-order valence-electron chi connectivity index (χ3n) is 11.3. The highest BCUT2D eigenvalue weighted by Crippen LogP contribution is 2.39. The normalized spacial score (nSPS) is 11.4. The lowest BCUT2D eigenvalue weighted by Crippen LogP contribution is -2.01. The molecule has 58 heavy (non-hydrogen) atoms. The highest BCUT2D eigenvalue weighted by atomic mass is 15.0. The Balaban J connectivity index is 1.13. The predicted molar refractivity (Wildman–Crippen MR) is 242 cm³/mol. The van der Waals surface area contributed by atoms with Crippen LogP contribution in [0.1, 0.15) is 0 Å². The lowest BCUT2D eigenvalue weighted by atomic mass is 9.92. The van der Waals surface area contributed by atoms with Gasteiger partial charge in [-0.05, 0) is 101 Å². The summed E-state index contributed by atoms with van der Waals surface area (Å²) in [6.45, 7) is 0. The molecule has 270 valence electrons. The molecule has 0 radical (unpaired) electrons. The molecule has 3 nitrogen and oxygen atoms in total. The summed E-state index contributed by atoms with van der Waals surface area (Å²) in [4.78, 5) is 15.8. The van der Waals surface area contributed by atoms with Gasteiger partial charge in [0.25, 0.3) is 0 Å². The fourth-order valence-corrected chi connectivity index (χ4v) is 8.46. The topological polar surface area (TPSA) is 38.7 Å². The molecule has 0 unspecified atom stereocenters. The lowest BCUT2D eigenvalue weighted by Gasteiger charge is -2.15. The van der Waals surface area contributed by atoms with E-state index < -0.39 is 0 Å². The second kappa shape index (κ2) is 14.1. The monoisotopic (exact) mass is 737 g/mol. The summed E-state index contributed by atoms with van der Waals surface area (Å²) < 4.78 is 0. The molecule has 11 rings (SSSR count). The Morgan fingerprint density at radius 1 is 0.207 bits per heavy atom. The molecule has 1 aromatic heterocycles. The third-order valence-corrected chi connectivity index (χ3v) is 11.3. The number of nitrogens with zero attached hydrogens (tertiary/aromatic N) is 3. The molecule has 0 aliphatic carbocycles. The second-order valence-corrected chi connectivity index (χ2v) is 14.8. The summed E-state index contributed by atoms with van der Waals surface area (Å²) >= 11 is 0. The molecule has 0 saturated heterocycles. The Labute approximate surface area is 336 Å². The quantitative estimate of drug-likeness (QED) is 0.160. The average molecular weight is 738 g/mol. The van der Waals surface area contributed by atoms with Crippen LogP contribution in [0.5, 0.6) is 0 Å². The van der Waals surface area contributed by atoms with Gasteiger partial charge in [-0.3, -0.25) is 0 Å². The molecule has 0 fully saturated rings. The first kappa shape index (κ1) is 33.6. The van der Waals surface area contributed by atoms with Crippen LogP contribution in [0.3, 0.4) is 0 Å². The summed E-state index contributed by atoms with van der Waals surface area (Å²) in [5.41, 5.74) is 9.70. The molecule has 0 spiro atoms. The van der Waals surface area contributed by atoms with Crippen LogP contribution in [0.25, 0.3) is 111 Å². The number of hydrogen-bond donors (Lipinski definition) is 0. The van der Waals surface area contributed by atoms with E-state index in [2.05, 4.69) is 194 Å². The van der Waals surface area contributed by atoms with E-state index in [9.17, 15) is 0 Å². The van der Waals surface area contributed by atoms with E-state index >= 15 is 0 Å². The van der Waals surface area contributed by atoms with Crippen LogP contribution in [0.15, 0.2) is 212 Å². The van der Waals surface area contributed by atoms with Gasteiger partial charge in [-0.25, -0.2) is 15.0 Å². The minimum absolute atomic E-state index is 0.622. The molecule has 0 atom stereocenters. The van der Waals surface area contributed by atoms with Crippen LogP contribution in [0.2, 0.25) is 0 Å². The molecule has 1 heterocycles. The molecular weight excluding hydrogens is 703 g/mol. The molecule has 11 aromatic rings. The summed E-state index contributed by atoms with van der Waals surface area (Å²) in [5, 5.41) is 9.51. The van der Waals surface area contributed by atoms with Gasteiger partial charge in [0, 0.05) is 16.7 Å². The van der Waals surface area contributed by atoms with Gasteiger partial charge in [-0.2, -0.15) is 0 Å². The van der Waals surface area contributed by atoms with Crippen LogP contribution in [0, 0.1) is 0 Å². The van der Waals surface area contributed by atoms with Gasteiger partial charge >= 0.3 is 0 Å². The summed E-state index contributed by atoms with van der Waals surface area (Å²) in [6.07, 6.45) is 0. The van der Waals surface area contributed by atoms with Crippen molar-refractivity contribution in [2.45, 2.75) is 0 Å². The maximum absolute atomic E-state index is 5.35. The van der Waals surface area contributed by atoms with Gasteiger partial charge in [0.05, 0.1) is 0 Å². The van der Waals surface area contributed by atoms with Crippen LogP contribution >= 0.6 is 0 Å². The minimum atomic E-state index is 0.622. The van der Waals surface area contributed by atoms with E-state index in [1.54, 1.807) is 0 Å². The molecule has 10 aromatic carbocycles. The highest BCUT2D eigenvalue weighted by molar-refractivity contribution is 6.13. The fraction of sp³-hybridized carbons (Fsp3) is 0. The van der Waals surface area contributed by atoms with Crippen LogP contribution in [0.4, 0.5) is 0 Å². The van der Waals surface area contributed by atoms with Crippen molar-refractivity contribution in [3.05, 3.63) is 212 Å². The number of benzene rings is 10. The van der Waals surface area contributed by atoms with Crippen LogP contribution in [-0.4, -0.2) is 15.0 Å². The molecule has 0 aliphatic heterocycles. The largest absolute Gasteiger partial charge is 0.208 e. The predicted octanol–water partition coefficient (Wildman–Crippen LogP) is 14.5. The summed E-state index contributed by atoms with van der Waals surface area (Å²) in [5.74, 6) is 1.90. The van der Waals surface area contributed by atoms with Crippen molar-refractivity contribution in [1.82, 2.24) is 15.0 Å². The number of hydrogen-bond acceptors (Lipinski definition) is 3. The highest BCUT2D eigenvalue weighted by Gasteiger charge is 2.18. The second-order valence-electron chi connectivity index (χ2n) is 14.8. The Bertz CT molecular complexity index is 3320. The van der Waals surface area contributed by atoms with Crippen LogP contribution < -0.4 is 0 Å². The van der Waals surface area contributed by atoms with Gasteiger partial charge in [-0.1, -0.05) is 188 Å². The minimum Gasteiger partial charge on any atom is -0.208 e. The Morgan fingerprint density at radius 3 is 1.36 bits per heavy atom. The third kappa shape index (κ3) is 5.98. The zero-order valence-electron chi connectivity index (χ0n) is 31.5. The molecule has 3 heteroatoms. The van der Waals surface area contributed by atoms with Gasteiger partial charge in [0.2, 0.25) is 0 Å². The van der Waals surface area contributed by atoms with E-state index in [0.717, 1.165) is 49.7 Å². The first-order valence-corrected chi connectivity index (χ1v) is 19.7. The Morgan fingerprint density at radius 2 is 0.672 bits per heavy atom. The van der Waals surface area contributed by atoms with Gasteiger partial charge < -0.3 is 0 Å². The van der Waals surface area contributed by atoms with Crippen molar-refractivity contribution >= 4 is 43.1 Å². The van der Waals surface area contributed by atoms with Crippen molar-refractivity contribution in [3.8, 4) is 67.5 Å². The van der Waals surface area contributed by atoms with Crippen molar-refractivity contribution in [1.29, 1.82) is 0 Å². The average Bonchev–Trinajstić information content (AvgIpc) is 3.31. The molecule has 0 saturated carbocycles. The Hall–Kier alpha value is -7.75. The number of aromatic nitrogens is 3. The van der Waals surface area contributed by atoms with E-state index in [1.807, 2.05) is 18.2 Å². The SMILES string of the molecule is c1ccc(-c2nc(-c3cc(-c4ccc(-c5cccc6ccccc56)cc4)cc(-c4cccc5ccccc45)c3)nc(-c3cc4ccccc4c4ccccc34)n2)cc1. The number of fused-ring (bicyclic) bond motifs is 5. The standard InChI is InChI=1S/C55H35N3/c1-2-16-40(17-3-1)53-56-54(58-55(57-53)52-35-41-18-6-9-23-48(41)50-24-10-11-25-51(50)52)44-33-42(32-43(34-44)49-27-13-20-38-15-5-8-22-46(38)49)36-28-30-39(31-29-36)47-26-12-19-37-14-4-7-21-45(37)47/h1-35H.